The van der Waals surface area contributed by atoms with E-state index in [9.17, 15) is 9.59 Å². The van der Waals surface area contributed by atoms with Crippen molar-refractivity contribution in [2.75, 3.05) is 6.61 Å². The fourth-order valence-electron chi connectivity index (χ4n) is 2.67. The van der Waals surface area contributed by atoms with Gasteiger partial charge in [0.05, 0.1) is 0 Å². The number of hydrogen-bond acceptors (Lipinski definition) is 4. The van der Waals surface area contributed by atoms with Gasteiger partial charge in [0, 0.05) is 17.1 Å². The van der Waals surface area contributed by atoms with Crippen LogP contribution in [0.2, 0.25) is 5.02 Å². The molecule has 0 heterocycles. The second kappa shape index (κ2) is 8.43. The zero-order valence-corrected chi connectivity index (χ0v) is 15.6. The summed E-state index contributed by atoms with van der Waals surface area (Å²) < 4.78 is 10.7. The number of rotatable bonds is 5. The summed E-state index contributed by atoms with van der Waals surface area (Å²) in [6, 6.07) is 6.88. The molecule has 138 valence electrons. The highest BCUT2D eigenvalue weighted by molar-refractivity contribution is 6.30. The molecule has 1 aliphatic carbocycles. The van der Waals surface area contributed by atoms with Gasteiger partial charge in [-0.1, -0.05) is 11.6 Å². The summed E-state index contributed by atoms with van der Waals surface area (Å²) in [5.74, 6) is 0.410. The molecule has 25 heavy (non-hydrogen) atoms. The van der Waals surface area contributed by atoms with Gasteiger partial charge in [0.25, 0.3) is 5.91 Å². The van der Waals surface area contributed by atoms with E-state index in [0.717, 1.165) is 12.8 Å². The third-order valence-corrected chi connectivity index (χ3v) is 3.95. The van der Waals surface area contributed by atoms with E-state index in [4.69, 9.17) is 21.1 Å². The zero-order valence-electron chi connectivity index (χ0n) is 14.8. The molecule has 0 aliphatic heterocycles. The van der Waals surface area contributed by atoms with Crippen molar-refractivity contribution in [1.82, 2.24) is 10.6 Å². The Bertz CT molecular complexity index is 598. The average molecular weight is 369 g/mol. The lowest BCUT2D eigenvalue weighted by Crippen LogP contribution is -2.40. The number of hydrogen-bond donors (Lipinski definition) is 2. The Balaban J connectivity index is 1.68. The largest absolute Gasteiger partial charge is 0.484 e. The molecule has 6 nitrogen and oxygen atoms in total. The Hall–Kier alpha value is -1.95. The summed E-state index contributed by atoms with van der Waals surface area (Å²) in [4.78, 5) is 23.8. The van der Waals surface area contributed by atoms with Crippen LogP contribution in [0.15, 0.2) is 24.3 Å². The Labute approximate surface area is 153 Å². The minimum absolute atomic E-state index is 0.0114. The fourth-order valence-corrected chi connectivity index (χ4v) is 2.79. The van der Waals surface area contributed by atoms with Crippen molar-refractivity contribution >= 4 is 23.6 Å². The number of carbonyl (C=O) groups excluding carboxylic acids is 2. The van der Waals surface area contributed by atoms with E-state index in [1.54, 1.807) is 24.3 Å². The predicted octanol–water partition coefficient (Wildman–Crippen LogP) is 3.28. The van der Waals surface area contributed by atoms with Crippen LogP contribution >= 0.6 is 11.6 Å². The molecule has 7 heteroatoms. The van der Waals surface area contributed by atoms with Crippen molar-refractivity contribution in [2.24, 2.45) is 0 Å². The van der Waals surface area contributed by atoms with Crippen molar-refractivity contribution < 1.29 is 19.1 Å². The maximum atomic E-state index is 12.0. The van der Waals surface area contributed by atoms with E-state index < -0.39 is 11.7 Å². The maximum Gasteiger partial charge on any atom is 0.407 e. The smallest absolute Gasteiger partial charge is 0.407 e. The van der Waals surface area contributed by atoms with Crippen LogP contribution in [0.25, 0.3) is 0 Å². The molecule has 2 rings (SSSR count). The molecule has 1 fully saturated rings. The van der Waals surface area contributed by atoms with E-state index in [1.807, 2.05) is 20.8 Å². The number of carbonyl (C=O) groups is 2. The molecule has 2 amide bonds. The normalized spacial score (nSPS) is 20.0. The lowest BCUT2D eigenvalue weighted by Gasteiger charge is -2.21. The third-order valence-electron chi connectivity index (χ3n) is 3.70. The maximum absolute atomic E-state index is 12.0. The summed E-state index contributed by atoms with van der Waals surface area (Å²) in [7, 11) is 0. The van der Waals surface area contributed by atoms with Gasteiger partial charge < -0.3 is 20.1 Å². The van der Waals surface area contributed by atoms with Gasteiger partial charge in [0.1, 0.15) is 11.4 Å². The van der Waals surface area contributed by atoms with E-state index in [2.05, 4.69) is 10.6 Å². The van der Waals surface area contributed by atoms with Gasteiger partial charge in [-0.2, -0.15) is 0 Å². The molecule has 1 aromatic rings. The summed E-state index contributed by atoms with van der Waals surface area (Å²) in [6.07, 6.45) is 1.89. The zero-order chi connectivity index (χ0) is 18.4. The van der Waals surface area contributed by atoms with Gasteiger partial charge in [-0.25, -0.2) is 4.79 Å². The minimum atomic E-state index is -0.519. The number of ether oxygens (including phenoxy) is 2. The van der Waals surface area contributed by atoms with Crippen LogP contribution in [-0.2, 0) is 9.53 Å². The summed E-state index contributed by atoms with van der Waals surface area (Å²) in [5.41, 5.74) is -0.519. The van der Waals surface area contributed by atoms with Crippen LogP contribution in [0, 0.1) is 0 Å². The van der Waals surface area contributed by atoms with Crippen molar-refractivity contribution in [3.05, 3.63) is 29.3 Å². The second-order valence-corrected chi connectivity index (χ2v) is 7.60. The highest BCUT2D eigenvalue weighted by Crippen LogP contribution is 2.20. The highest BCUT2D eigenvalue weighted by atomic mass is 35.5. The van der Waals surface area contributed by atoms with Crippen molar-refractivity contribution in [1.29, 1.82) is 0 Å². The first-order valence-electron chi connectivity index (χ1n) is 8.38. The van der Waals surface area contributed by atoms with Crippen LogP contribution in [0.3, 0.4) is 0 Å². The lowest BCUT2D eigenvalue weighted by molar-refractivity contribution is -0.123. The van der Waals surface area contributed by atoms with Gasteiger partial charge in [-0.05, 0) is 64.3 Å². The number of amides is 2. The van der Waals surface area contributed by atoms with Crippen LogP contribution in [0.4, 0.5) is 4.79 Å². The van der Waals surface area contributed by atoms with Crippen LogP contribution in [-0.4, -0.2) is 36.3 Å². The molecule has 1 aliphatic rings. The molecular weight excluding hydrogens is 344 g/mol. The van der Waals surface area contributed by atoms with E-state index in [1.165, 1.54) is 0 Å². The molecule has 2 unspecified atom stereocenters. The molecule has 2 N–H and O–H groups in total. The summed E-state index contributed by atoms with van der Waals surface area (Å²) in [6.45, 7) is 5.42. The Kier molecular flexibility index (Phi) is 6.53. The first-order valence-corrected chi connectivity index (χ1v) is 8.76. The molecule has 0 bridgehead atoms. The number of benzene rings is 1. The Morgan fingerprint density at radius 2 is 1.72 bits per heavy atom. The number of alkyl carbamates (subject to hydrolysis) is 1. The van der Waals surface area contributed by atoms with E-state index in [-0.39, 0.29) is 24.6 Å². The molecule has 0 radical (unpaired) electrons. The van der Waals surface area contributed by atoms with Crippen LogP contribution in [0.1, 0.15) is 40.0 Å². The van der Waals surface area contributed by atoms with Gasteiger partial charge in [-0.3, -0.25) is 4.79 Å². The standard InChI is InChI=1S/C18H25ClN2O4/c1-18(2,3)25-17(23)21-14-7-6-13(10-14)20-16(22)11-24-15-8-4-12(19)5-9-15/h4-5,8-9,13-14H,6-7,10-11H2,1-3H3,(H,20,22)(H,21,23). The van der Waals surface area contributed by atoms with E-state index in [0.29, 0.717) is 17.2 Å². The monoisotopic (exact) mass is 368 g/mol. The first kappa shape index (κ1) is 19.4. The molecule has 0 aromatic heterocycles. The third kappa shape index (κ3) is 7.22. The molecule has 0 saturated heterocycles. The van der Waals surface area contributed by atoms with Gasteiger partial charge in [0.15, 0.2) is 6.61 Å². The fraction of sp³-hybridized carbons (Fsp3) is 0.556. The Morgan fingerprint density at radius 1 is 1.12 bits per heavy atom. The minimum Gasteiger partial charge on any atom is -0.484 e. The quantitative estimate of drug-likeness (QED) is 0.836. The number of nitrogens with one attached hydrogen (secondary N) is 2. The van der Waals surface area contributed by atoms with Crippen molar-refractivity contribution in [2.45, 2.75) is 57.7 Å². The van der Waals surface area contributed by atoms with Gasteiger partial charge in [0.2, 0.25) is 0 Å². The predicted molar refractivity (Wildman–Crippen MR) is 95.9 cm³/mol. The number of halogens is 1. The van der Waals surface area contributed by atoms with Crippen LogP contribution < -0.4 is 15.4 Å². The molecule has 0 spiro atoms. The Morgan fingerprint density at radius 3 is 2.32 bits per heavy atom. The summed E-state index contributed by atoms with van der Waals surface area (Å²) >= 11 is 5.80. The van der Waals surface area contributed by atoms with Gasteiger partial charge >= 0.3 is 6.09 Å². The molecular formula is C18H25ClN2O4. The topological polar surface area (TPSA) is 76.7 Å². The molecule has 1 saturated carbocycles. The van der Waals surface area contributed by atoms with Crippen LogP contribution in [0.5, 0.6) is 5.75 Å². The van der Waals surface area contributed by atoms with Crippen molar-refractivity contribution in [3.8, 4) is 5.75 Å². The average Bonchev–Trinajstić information content (AvgIpc) is 2.91. The SMILES string of the molecule is CC(C)(C)OC(=O)NC1CCC(NC(=O)COc2ccc(Cl)cc2)C1. The highest BCUT2D eigenvalue weighted by Gasteiger charge is 2.28. The van der Waals surface area contributed by atoms with Gasteiger partial charge in [-0.15, -0.1) is 0 Å². The molecule has 2 atom stereocenters. The second-order valence-electron chi connectivity index (χ2n) is 7.16. The van der Waals surface area contributed by atoms with E-state index >= 15 is 0 Å². The first-order chi connectivity index (χ1) is 11.7. The molecule has 1 aromatic carbocycles. The lowest BCUT2D eigenvalue weighted by atomic mass is 10.2. The summed E-state index contributed by atoms with van der Waals surface area (Å²) in [5, 5.41) is 6.39. The van der Waals surface area contributed by atoms with Crippen molar-refractivity contribution in [3.63, 3.8) is 0 Å².